The minimum Gasteiger partial charge on any atom is -0.448 e. The number of amides is 1. The Balaban J connectivity index is 1.97. The number of hydrogen-bond donors (Lipinski definition) is 2. The molecule has 122 valence electrons. The molecule has 0 aliphatic heterocycles. The number of rotatable bonds is 4. The summed E-state index contributed by atoms with van der Waals surface area (Å²) in [6.07, 6.45) is 0. The van der Waals surface area contributed by atoms with Gasteiger partial charge in [0.2, 0.25) is 5.56 Å². The minimum absolute atomic E-state index is 0.0371. The summed E-state index contributed by atoms with van der Waals surface area (Å²) < 4.78 is 5.13. The predicted octanol–water partition coefficient (Wildman–Crippen LogP) is 2.61. The van der Waals surface area contributed by atoms with Crippen molar-refractivity contribution in [3.63, 3.8) is 0 Å². The molecule has 0 spiro atoms. The molecule has 0 aliphatic carbocycles. The maximum atomic E-state index is 12.4. The van der Waals surface area contributed by atoms with E-state index >= 15 is 0 Å². The Bertz CT molecular complexity index is 1010. The largest absolute Gasteiger partial charge is 0.448 e. The zero-order chi connectivity index (χ0) is 17.3. The van der Waals surface area contributed by atoms with Gasteiger partial charge in [0.05, 0.1) is 17.0 Å². The number of furan rings is 1. The summed E-state index contributed by atoms with van der Waals surface area (Å²) in [5, 5.41) is 14.0. The zero-order valence-corrected chi connectivity index (χ0v) is 12.8. The van der Waals surface area contributed by atoms with Crippen LogP contribution in [0.15, 0.2) is 45.6 Å². The highest BCUT2D eigenvalue weighted by Crippen LogP contribution is 2.21. The fourth-order valence-electron chi connectivity index (χ4n) is 2.25. The van der Waals surface area contributed by atoms with E-state index in [0.717, 1.165) is 6.07 Å². The van der Waals surface area contributed by atoms with Gasteiger partial charge in [-0.15, -0.1) is 0 Å². The van der Waals surface area contributed by atoms with Crippen LogP contribution in [0, 0.1) is 10.1 Å². The third-order valence-electron chi connectivity index (χ3n) is 3.33. The number of benzene rings is 1. The molecule has 0 fully saturated rings. The van der Waals surface area contributed by atoms with Gasteiger partial charge in [-0.2, -0.15) is 0 Å². The van der Waals surface area contributed by atoms with Crippen LogP contribution in [0.5, 0.6) is 0 Å². The van der Waals surface area contributed by atoms with Crippen molar-refractivity contribution in [1.29, 1.82) is 0 Å². The molecule has 2 N–H and O–H groups in total. The van der Waals surface area contributed by atoms with Crippen LogP contribution < -0.4 is 10.9 Å². The molecule has 3 rings (SSSR count). The molecule has 0 radical (unpaired) electrons. The number of fused-ring (bicyclic) bond motifs is 1. The lowest BCUT2D eigenvalue weighted by molar-refractivity contribution is -0.384. The van der Waals surface area contributed by atoms with E-state index in [1.807, 2.05) is 0 Å². The first-order valence-corrected chi connectivity index (χ1v) is 7.16. The molecule has 9 heteroatoms. The highest BCUT2D eigenvalue weighted by atomic mass is 35.5. The summed E-state index contributed by atoms with van der Waals surface area (Å²) in [5.41, 5.74) is -0.293. The Morgan fingerprint density at radius 3 is 2.75 bits per heavy atom. The molecule has 3 aromatic rings. The van der Waals surface area contributed by atoms with Gasteiger partial charge in [-0.1, -0.05) is 0 Å². The molecule has 1 amide bonds. The van der Waals surface area contributed by atoms with Crippen molar-refractivity contribution >= 4 is 34.1 Å². The van der Waals surface area contributed by atoms with Crippen LogP contribution in [0.2, 0.25) is 5.22 Å². The third kappa shape index (κ3) is 3.13. The SMILES string of the molecule is O=C(NCc1ccc(Cl)o1)c1cc(=O)[nH]c2ccc([N+](=O)[O-])cc12. The maximum Gasteiger partial charge on any atom is 0.270 e. The molecule has 2 aromatic heterocycles. The molecule has 0 saturated heterocycles. The number of carbonyl (C=O) groups excluding carboxylic acids is 1. The summed E-state index contributed by atoms with van der Waals surface area (Å²) in [4.78, 5) is 36.9. The molecular formula is C15H10ClN3O5. The van der Waals surface area contributed by atoms with Crippen LogP contribution in [-0.2, 0) is 6.54 Å². The second-order valence-corrected chi connectivity index (χ2v) is 5.30. The van der Waals surface area contributed by atoms with Crippen LogP contribution in [0.1, 0.15) is 16.1 Å². The highest BCUT2D eigenvalue weighted by molar-refractivity contribution is 6.28. The van der Waals surface area contributed by atoms with Gasteiger partial charge in [0, 0.05) is 29.1 Å². The topological polar surface area (TPSA) is 118 Å². The van der Waals surface area contributed by atoms with Gasteiger partial charge in [-0.3, -0.25) is 19.7 Å². The fourth-order valence-corrected chi connectivity index (χ4v) is 2.41. The Morgan fingerprint density at radius 2 is 2.08 bits per heavy atom. The van der Waals surface area contributed by atoms with Gasteiger partial charge < -0.3 is 14.7 Å². The number of nitro benzene ring substituents is 1. The van der Waals surface area contributed by atoms with Crippen molar-refractivity contribution in [2.24, 2.45) is 0 Å². The van der Waals surface area contributed by atoms with Crippen molar-refractivity contribution in [3.8, 4) is 0 Å². The minimum atomic E-state index is -0.572. The molecule has 0 unspecified atom stereocenters. The Labute approximate surface area is 139 Å². The van der Waals surface area contributed by atoms with Crippen LogP contribution in [0.3, 0.4) is 0 Å². The summed E-state index contributed by atoms with van der Waals surface area (Å²) in [6.45, 7) is 0.0643. The predicted molar refractivity (Wildman–Crippen MR) is 86.1 cm³/mol. The van der Waals surface area contributed by atoms with Crippen molar-refractivity contribution in [2.45, 2.75) is 6.54 Å². The van der Waals surface area contributed by atoms with E-state index in [1.54, 1.807) is 6.07 Å². The van der Waals surface area contributed by atoms with Gasteiger partial charge in [0.25, 0.3) is 11.6 Å². The van der Waals surface area contributed by atoms with Gasteiger partial charge >= 0.3 is 0 Å². The first-order valence-electron chi connectivity index (χ1n) is 6.78. The number of nitro groups is 1. The number of aromatic amines is 1. The average molecular weight is 348 g/mol. The second-order valence-electron chi connectivity index (χ2n) is 4.92. The molecule has 2 heterocycles. The molecule has 0 aliphatic rings. The van der Waals surface area contributed by atoms with Gasteiger partial charge in [-0.25, -0.2) is 0 Å². The standard InChI is InChI=1S/C15H10ClN3O5/c16-13-4-2-9(24-13)7-17-15(21)11-6-14(20)18-12-3-1-8(19(22)23)5-10(11)12/h1-6H,7H2,(H,17,21)(H,18,20). The van der Waals surface area contributed by atoms with E-state index in [0.29, 0.717) is 11.3 Å². The summed E-state index contributed by atoms with van der Waals surface area (Å²) in [6, 6.07) is 8.11. The molecule has 0 bridgehead atoms. The van der Waals surface area contributed by atoms with E-state index in [1.165, 1.54) is 24.3 Å². The van der Waals surface area contributed by atoms with E-state index < -0.39 is 16.4 Å². The first-order chi connectivity index (χ1) is 11.4. The number of aromatic nitrogens is 1. The quantitative estimate of drug-likeness (QED) is 0.555. The number of nitrogens with zero attached hydrogens (tertiary/aromatic N) is 1. The van der Waals surface area contributed by atoms with E-state index in [2.05, 4.69) is 10.3 Å². The average Bonchev–Trinajstić information content (AvgIpc) is 2.96. The lowest BCUT2D eigenvalue weighted by Gasteiger charge is -2.07. The maximum absolute atomic E-state index is 12.4. The monoisotopic (exact) mass is 347 g/mol. The number of nitrogens with one attached hydrogen (secondary N) is 2. The van der Waals surface area contributed by atoms with Gasteiger partial charge in [-0.05, 0) is 29.8 Å². The molecule has 8 nitrogen and oxygen atoms in total. The smallest absolute Gasteiger partial charge is 0.270 e. The molecule has 1 aromatic carbocycles. The highest BCUT2D eigenvalue weighted by Gasteiger charge is 2.15. The molecular weight excluding hydrogens is 338 g/mol. The van der Waals surface area contributed by atoms with Crippen LogP contribution in [0.4, 0.5) is 5.69 Å². The summed E-state index contributed by atoms with van der Waals surface area (Å²) >= 11 is 5.65. The Morgan fingerprint density at radius 1 is 1.29 bits per heavy atom. The normalized spacial score (nSPS) is 10.7. The van der Waals surface area contributed by atoms with Crippen LogP contribution in [-0.4, -0.2) is 15.8 Å². The Hall–Kier alpha value is -3.13. The lowest BCUT2D eigenvalue weighted by Crippen LogP contribution is -2.24. The van der Waals surface area contributed by atoms with Crippen molar-refractivity contribution in [2.75, 3.05) is 0 Å². The van der Waals surface area contributed by atoms with Crippen molar-refractivity contribution in [1.82, 2.24) is 10.3 Å². The van der Waals surface area contributed by atoms with E-state index in [4.69, 9.17) is 16.0 Å². The van der Waals surface area contributed by atoms with E-state index in [9.17, 15) is 19.7 Å². The number of halogens is 1. The van der Waals surface area contributed by atoms with Crippen LogP contribution in [0.25, 0.3) is 10.9 Å². The van der Waals surface area contributed by atoms with Crippen LogP contribution >= 0.6 is 11.6 Å². The number of carbonyl (C=O) groups is 1. The van der Waals surface area contributed by atoms with Crippen molar-refractivity contribution < 1.29 is 14.1 Å². The fraction of sp³-hybridized carbons (Fsp3) is 0.0667. The Kier molecular flexibility index (Phi) is 4.05. The molecule has 0 atom stereocenters. The van der Waals surface area contributed by atoms with Crippen molar-refractivity contribution in [3.05, 3.63) is 73.4 Å². The number of non-ortho nitro benzene ring substituents is 1. The number of hydrogen-bond acceptors (Lipinski definition) is 5. The second kappa shape index (κ2) is 6.17. The number of H-pyrrole nitrogens is 1. The van der Waals surface area contributed by atoms with Gasteiger partial charge in [0.15, 0.2) is 5.22 Å². The number of pyridine rings is 1. The molecule has 0 saturated carbocycles. The zero-order valence-electron chi connectivity index (χ0n) is 12.0. The third-order valence-corrected chi connectivity index (χ3v) is 3.54. The summed E-state index contributed by atoms with van der Waals surface area (Å²) in [7, 11) is 0. The first kappa shape index (κ1) is 15.8. The lowest BCUT2D eigenvalue weighted by atomic mass is 10.1. The van der Waals surface area contributed by atoms with E-state index in [-0.39, 0.29) is 28.4 Å². The summed E-state index contributed by atoms with van der Waals surface area (Å²) in [5.74, 6) is -0.118. The molecule has 24 heavy (non-hydrogen) atoms. The van der Waals surface area contributed by atoms with Gasteiger partial charge in [0.1, 0.15) is 5.76 Å².